The molecule has 1 aromatic carbocycles. The zero-order valence-corrected chi connectivity index (χ0v) is 11.9. The van der Waals surface area contributed by atoms with Crippen LogP contribution in [0.3, 0.4) is 0 Å². The highest BCUT2D eigenvalue weighted by atomic mass is 32.2. The first-order valence-electron chi connectivity index (χ1n) is 6.51. The smallest absolute Gasteiger partial charge is 0.227 e. The van der Waals surface area contributed by atoms with Gasteiger partial charge in [0, 0.05) is 23.6 Å². The lowest BCUT2D eigenvalue weighted by Gasteiger charge is -2.23. The molecule has 20 heavy (non-hydrogen) atoms. The maximum atomic E-state index is 12.1. The molecule has 1 aromatic rings. The van der Waals surface area contributed by atoms with Crippen molar-refractivity contribution < 1.29 is 18.0 Å². The van der Waals surface area contributed by atoms with Gasteiger partial charge in [0.2, 0.25) is 5.91 Å². The van der Waals surface area contributed by atoms with Crippen LogP contribution < -0.4 is 4.90 Å². The molecule has 0 radical (unpaired) electrons. The van der Waals surface area contributed by atoms with E-state index in [0.717, 1.165) is 0 Å². The van der Waals surface area contributed by atoms with Crippen molar-refractivity contribution in [3.8, 4) is 0 Å². The minimum atomic E-state index is -3.06. The Morgan fingerprint density at radius 2 is 2.05 bits per heavy atom. The number of fused-ring (bicyclic) bond motifs is 1. The number of nitrogens with zero attached hydrogens (tertiary/aromatic N) is 1. The monoisotopic (exact) mass is 293 g/mol. The first-order chi connectivity index (χ1) is 9.37. The van der Waals surface area contributed by atoms with Crippen molar-refractivity contribution in [3.63, 3.8) is 0 Å². The second-order valence-electron chi connectivity index (χ2n) is 5.48. The maximum Gasteiger partial charge on any atom is 0.227 e. The Balaban J connectivity index is 1.99. The highest BCUT2D eigenvalue weighted by molar-refractivity contribution is 7.91. The van der Waals surface area contributed by atoms with Crippen LogP contribution in [0.4, 0.5) is 5.69 Å². The van der Waals surface area contributed by atoms with Gasteiger partial charge in [0.1, 0.15) is 0 Å². The number of carbonyl (C=O) groups excluding carboxylic acids is 2. The van der Waals surface area contributed by atoms with Gasteiger partial charge < -0.3 is 4.90 Å². The van der Waals surface area contributed by atoms with Gasteiger partial charge in [-0.05, 0) is 19.1 Å². The van der Waals surface area contributed by atoms with Crippen molar-refractivity contribution in [2.75, 3.05) is 16.4 Å². The van der Waals surface area contributed by atoms with E-state index in [-0.39, 0.29) is 41.6 Å². The second kappa shape index (κ2) is 4.41. The number of rotatable bonds is 2. The number of carbonyl (C=O) groups is 2. The highest BCUT2D eigenvalue weighted by Crippen LogP contribution is 2.37. The summed E-state index contributed by atoms with van der Waals surface area (Å²) in [6.07, 6.45) is 0.272. The number of Topliss-reactive ketones (excluding diaryl/α,β-unsaturated/α-hetero) is 1. The maximum absolute atomic E-state index is 12.1. The molecule has 106 valence electrons. The van der Waals surface area contributed by atoms with E-state index >= 15 is 0 Å². The summed E-state index contributed by atoms with van der Waals surface area (Å²) in [4.78, 5) is 25.1. The van der Waals surface area contributed by atoms with Gasteiger partial charge in [-0.25, -0.2) is 8.42 Å². The van der Waals surface area contributed by atoms with Crippen molar-refractivity contribution >= 4 is 27.2 Å². The normalized spacial score (nSPS) is 27.6. The van der Waals surface area contributed by atoms with Crippen LogP contribution in [0, 0.1) is 5.92 Å². The van der Waals surface area contributed by atoms with Crippen molar-refractivity contribution in [1.29, 1.82) is 0 Å². The molecule has 2 fully saturated rings. The summed E-state index contributed by atoms with van der Waals surface area (Å²) in [5, 5.41) is 0. The van der Waals surface area contributed by atoms with Gasteiger partial charge in [-0.3, -0.25) is 9.59 Å². The van der Waals surface area contributed by atoms with Crippen LogP contribution in [0.15, 0.2) is 24.3 Å². The lowest BCUT2D eigenvalue weighted by Crippen LogP contribution is -2.36. The summed E-state index contributed by atoms with van der Waals surface area (Å²) >= 11 is 0. The molecular weight excluding hydrogens is 278 g/mol. The quantitative estimate of drug-likeness (QED) is 0.764. The van der Waals surface area contributed by atoms with Crippen molar-refractivity contribution in [1.82, 2.24) is 0 Å². The fraction of sp³-hybridized carbons (Fsp3) is 0.429. The fourth-order valence-corrected chi connectivity index (χ4v) is 5.17. The van der Waals surface area contributed by atoms with Gasteiger partial charge in [-0.2, -0.15) is 0 Å². The van der Waals surface area contributed by atoms with Crippen LogP contribution in [0.5, 0.6) is 0 Å². The largest absolute Gasteiger partial charge is 0.308 e. The molecule has 0 N–H and O–H groups in total. The average Bonchev–Trinajstić information content (AvgIpc) is 2.79. The second-order valence-corrected chi connectivity index (χ2v) is 7.63. The van der Waals surface area contributed by atoms with Gasteiger partial charge in [-0.1, -0.05) is 12.1 Å². The Hall–Kier alpha value is -1.69. The molecule has 2 atom stereocenters. The summed E-state index contributed by atoms with van der Waals surface area (Å²) < 4.78 is 23.4. The lowest BCUT2D eigenvalue weighted by molar-refractivity contribution is -0.117. The molecule has 0 aromatic heterocycles. The number of benzene rings is 1. The van der Waals surface area contributed by atoms with Crippen LogP contribution in [0.25, 0.3) is 0 Å². The summed E-state index contributed by atoms with van der Waals surface area (Å²) in [6, 6.07) is 6.53. The van der Waals surface area contributed by atoms with E-state index < -0.39 is 9.84 Å². The van der Waals surface area contributed by atoms with Crippen LogP contribution >= 0.6 is 0 Å². The fourth-order valence-electron chi connectivity index (χ4n) is 3.10. The van der Waals surface area contributed by atoms with Gasteiger partial charge in [0.25, 0.3) is 0 Å². The number of amides is 1. The van der Waals surface area contributed by atoms with Gasteiger partial charge in [0.05, 0.1) is 17.5 Å². The minimum absolute atomic E-state index is 0.0215. The van der Waals surface area contributed by atoms with Gasteiger partial charge in [0.15, 0.2) is 15.6 Å². The predicted octanol–water partition coefficient (Wildman–Crippen LogP) is 1.04. The van der Waals surface area contributed by atoms with Crippen LogP contribution in [0.2, 0.25) is 0 Å². The zero-order chi connectivity index (χ0) is 14.5. The topological polar surface area (TPSA) is 71.5 Å². The molecule has 2 saturated heterocycles. The van der Waals surface area contributed by atoms with Crippen molar-refractivity contribution in [2.24, 2.45) is 5.92 Å². The molecule has 3 rings (SSSR count). The van der Waals surface area contributed by atoms with Crippen LogP contribution in [-0.4, -0.2) is 37.7 Å². The third-order valence-corrected chi connectivity index (χ3v) is 5.79. The summed E-state index contributed by atoms with van der Waals surface area (Å²) in [6.45, 7) is 1.47. The SMILES string of the molecule is CC(=O)c1cccc(N2C(=O)CC3CS(=O)(=O)CC32)c1. The molecule has 1 amide bonds. The molecule has 5 nitrogen and oxygen atoms in total. The molecule has 0 saturated carbocycles. The van der Waals surface area contributed by atoms with E-state index in [0.29, 0.717) is 11.3 Å². The van der Waals surface area contributed by atoms with E-state index in [2.05, 4.69) is 0 Å². The Bertz CT molecular complexity index is 695. The molecule has 2 unspecified atom stereocenters. The molecule has 0 bridgehead atoms. The molecular formula is C14H15NO4S. The average molecular weight is 293 g/mol. The van der Waals surface area contributed by atoms with Gasteiger partial charge in [-0.15, -0.1) is 0 Å². The number of sulfone groups is 1. The Kier molecular flexibility index (Phi) is 2.93. The van der Waals surface area contributed by atoms with E-state index in [9.17, 15) is 18.0 Å². The van der Waals surface area contributed by atoms with Gasteiger partial charge >= 0.3 is 0 Å². The molecule has 0 spiro atoms. The first-order valence-corrected chi connectivity index (χ1v) is 8.33. The third kappa shape index (κ3) is 2.14. The highest BCUT2D eigenvalue weighted by Gasteiger charge is 2.49. The molecule has 0 aliphatic carbocycles. The molecule has 6 heteroatoms. The third-order valence-electron chi connectivity index (χ3n) is 4.00. The van der Waals surface area contributed by atoms with E-state index in [4.69, 9.17) is 0 Å². The summed E-state index contributed by atoms with van der Waals surface area (Å²) in [5.74, 6) is -0.141. The Labute approximate surface area is 117 Å². The van der Waals surface area contributed by atoms with Crippen molar-refractivity contribution in [3.05, 3.63) is 29.8 Å². The number of ketones is 1. The molecule has 2 aliphatic heterocycles. The molecule has 2 aliphatic rings. The summed E-state index contributed by atoms with van der Waals surface area (Å²) in [7, 11) is -3.06. The van der Waals surface area contributed by atoms with Crippen LogP contribution in [-0.2, 0) is 14.6 Å². The predicted molar refractivity (Wildman–Crippen MR) is 74.5 cm³/mol. The number of anilines is 1. The molecule has 2 heterocycles. The first kappa shape index (κ1) is 13.3. The minimum Gasteiger partial charge on any atom is -0.308 e. The lowest BCUT2D eigenvalue weighted by atomic mass is 10.0. The van der Waals surface area contributed by atoms with Crippen molar-refractivity contribution in [2.45, 2.75) is 19.4 Å². The Morgan fingerprint density at radius 3 is 2.75 bits per heavy atom. The standard InChI is InChI=1S/C14H15NO4S/c1-9(16)10-3-2-4-12(5-10)15-13-8-20(18,19)7-11(13)6-14(15)17/h2-5,11,13H,6-8H2,1H3. The van der Waals surface area contributed by atoms with Crippen LogP contribution in [0.1, 0.15) is 23.7 Å². The number of hydrogen-bond acceptors (Lipinski definition) is 4. The number of hydrogen-bond donors (Lipinski definition) is 0. The van der Waals surface area contributed by atoms with E-state index in [1.807, 2.05) is 0 Å². The van der Waals surface area contributed by atoms with E-state index in [1.165, 1.54) is 6.92 Å². The van der Waals surface area contributed by atoms with E-state index in [1.54, 1.807) is 29.2 Å². The Morgan fingerprint density at radius 1 is 1.30 bits per heavy atom. The zero-order valence-electron chi connectivity index (χ0n) is 11.1. The summed E-state index contributed by atoms with van der Waals surface area (Å²) in [5.41, 5.74) is 1.15.